The summed E-state index contributed by atoms with van der Waals surface area (Å²) in [6.07, 6.45) is 2.52. The van der Waals surface area contributed by atoms with Crippen LogP contribution < -0.4 is 5.73 Å². The summed E-state index contributed by atoms with van der Waals surface area (Å²) in [5, 5.41) is 0. The van der Waals surface area contributed by atoms with Gasteiger partial charge >= 0.3 is 0 Å². The fourth-order valence-corrected chi connectivity index (χ4v) is 2.86. The summed E-state index contributed by atoms with van der Waals surface area (Å²) in [6.45, 7) is 9.28. The highest BCUT2D eigenvalue weighted by atomic mass is 14.7. The van der Waals surface area contributed by atoms with Crippen LogP contribution in [0, 0.1) is 17.3 Å². The normalized spacial score (nSPS) is 36.5. The van der Waals surface area contributed by atoms with Crippen LogP contribution in [0.4, 0.5) is 0 Å². The van der Waals surface area contributed by atoms with Gasteiger partial charge < -0.3 is 5.73 Å². The molecule has 0 amide bonds. The SMILES string of the molecule is CC(C)C1C(N)CCC1(C)C. The van der Waals surface area contributed by atoms with Crippen LogP contribution in [0.2, 0.25) is 0 Å². The summed E-state index contributed by atoms with van der Waals surface area (Å²) in [5.41, 5.74) is 6.54. The first kappa shape index (κ1) is 9.05. The number of rotatable bonds is 1. The van der Waals surface area contributed by atoms with Crippen molar-refractivity contribution in [3.63, 3.8) is 0 Å². The largest absolute Gasteiger partial charge is 0.327 e. The van der Waals surface area contributed by atoms with Gasteiger partial charge in [0, 0.05) is 6.04 Å². The van der Waals surface area contributed by atoms with Crippen molar-refractivity contribution in [3.8, 4) is 0 Å². The van der Waals surface area contributed by atoms with Crippen molar-refractivity contribution in [2.75, 3.05) is 0 Å². The Bertz CT molecular complexity index is 138. The zero-order valence-electron chi connectivity index (χ0n) is 8.22. The molecule has 1 rings (SSSR count). The first-order valence-electron chi connectivity index (χ1n) is 4.71. The van der Waals surface area contributed by atoms with Gasteiger partial charge in [-0.25, -0.2) is 0 Å². The van der Waals surface area contributed by atoms with Gasteiger partial charge in [0.05, 0.1) is 0 Å². The highest BCUT2D eigenvalue weighted by Crippen LogP contribution is 2.45. The molecule has 66 valence electrons. The quantitative estimate of drug-likeness (QED) is 0.618. The predicted molar refractivity (Wildman–Crippen MR) is 49.3 cm³/mol. The van der Waals surface area contributed by atoms with E-state index in [-0.39, 0.29) is 0 Å². The molecule has 0 aromatic rings. The maximum absolute atomic E-state index is 6.06. The Hall–Kier alpha value is -0.0400. The van der Waals surface area contributed by atoms with Crippen molar-refractivity contribution in [2.24, 2.45) is 23.0 Å². The van der Waals surface area contributed by atoms with Gasteiger partial charge in [-0.2, -0.15) is 0 Å². The molecule has 0 aliphatic heterocycles. The maximum Gasteiger partial charge on any atom is 0.00749 e. The highest BCUT2D eigenvalue weighted by Gasteiger charge is 2.41. The topological polar surface area (TPSA) is 26.0 Å². The molecule has 1 aliphatic carbocycles. The van der Waals surface area contributed by atoms with E-state index in [1.165, 1.54) is 12.8 Å². The van der Waals surface area contributed by atoms with E-state index in [4.69, 9.17) is 5.73 Å². The van der Waals surface area contributed by atoms with Crippen LogP contribution in [0.15, 0.2) is 0 Å². The van der Waals surface area contributed by atoms with Gasteiger partial charge in [0.25, 0.3) is 0 Å². The van der Waals surface area contributed by atoms with Gasteiger partial charge in [0.2, 0.25) is 0 Å². The third-order valence-electron chi connectivity index (χ3n) is 3.20. The molecule has 0 saturated heterocycles. The molecule has 2 atom stereocenters. The molecule has 2 N–H and O–H groups in total. The van der Waals surface area contributed by atoms with Crippen molar-refractivity contribution in [1.82, 2.24) is 0 Å². The van der Waals surface area contributed by atoms with Crippen molar-refractivity contribution in [2.45, 2.75) is 46.6 Å². The third-order valence-corrected chi connectivity index (χ3v) is 3.20. The Morgan fingerprint density at radius 3 is 2.09 bits per heavy atom. The molecule has 0 aromatic carbocycles. The van der Waals surface area contributed by atoms with Gasteiger partial charge in [-0.15, -0.1) is 0 Å². The third kappa shape index (κ3) is 1.58. The van der Waals surface area contributed by atoms with Crippen molar-refractivity contribution in [3.05, 3.63) is 0 Å². The monoisotopic (exact) mass is 155 g/mol. The van der Waals surface area contributed by atoms with Gasteiger partial charge in [-0.3, -0.25) is 0 Å². The zero-order chi connectivity index (χ0) is 8.65. The summed E-state index contributed by atoms with van der Waals surface area (Å²) in [6, 6.07) is 0.449. The minimum Gasteiger partial charge on any atom is -0.327 e. The Morgan fingerprint density at radius 2 is 1.91 bits per heavy atom. The molecular weight excluding hydrogens is 134 g/mol. The lowest BCUT2D eigenvalue weighted by atomic mass is 9.74. The van der Waals surface area contributed by atoms with Crippen LogP contribution in [0.1, 0.15) is 40.5 Å². The van der Waals surface area contributed by atoms with E-state index >= 15 is 0 Å². The van der Waals surface area contributed by atoms with Crippen molar-refractivity contribution in [1.29, 1.82) is 0 Å². The molecular formula is C10H21N. The number of nitrogens with two attached hydrogens (primary N) is 1. The number of hydrogen-bond acceptors (Lipinski definition) is 1. The van der Waals surface area contributed by atoms with Crippen LogP contribution in [0.25, 0.3) is 0 Å². The summed E-state index contributed by atoms with van der Waals surface area (Å²) in [4.78, 5) is 0. The van der Waals surface area contributed by atoms with Crippen molar-refractivity contribution < 1.29 is 0 Å². The molecule has 0 heterocycles. The van der Waals surface area contributed by atoms with E-state index in [0.717, 1.165) is 11.8 Å². The second-order valence-corrected chi connectivity index (χ2v) is 4.96. The Labute approximate surface area is 70.4 Å². The molecule has 2 unspecified atom stereocenters. The van der Waals surface area contributed by atoms with Crippen LogP contribution in [0.5, 0.6) is 0 Å². The van der Waals surface area contributed by atoms with Crippen LogP contribution in [-0.2, 0) is 0 Å². The minimum absolute atomic E-state index is 0.449. The molecule has 1 heteroatoms. The Balaban J connectivity index is 2.72. The average molecular weight is 155 g/mol. The average Bonchev–Trinajstić information content (AvgIpc) is 2.06. The van der Waals surface area contributed by atoms with Crippen LogP contribution in [-0.4, -0.2) is 6.04 Å². The molecule has 11 heavy (non-hydrogen) atoms. The van der Waals surface area contributed by atoms with E-state index in [1.54, 1.807) is 0 Å². The van der Waals surface area contributed by atoms with Gasteiger partial charge in [-0.05, 0) is 30.1 Å². The minimum atomic E-state index is 0.449. The summed E-state index contributed by atoms with van der Waals surface area (Å²) < 4.78 is 0. The van der Waals surface area contributed by atoms with E-state index < -0.39 is 0 Å². The van der Waals surface area contributed by atoms with E-state index in [2.05, 4.69) is 27.7 Å². The molecule has 1 aliphatic rings. The molecule has 0 bridgehead atoms. The first-order chi connectivity index (χ1) is 4.95. The fourth-order valence-electron chi connectivity index (χ4n) is 2.86. The zero-order valence-corrected chi connectivity index (χ0v) is 8.22. The molecule has 0 spiro atoms. The van der Waals surface area contributed by atoms with Crippen LogP contribution in [0.3, 0.4) is 0 Å². The van der Waals surface area contributed by atoms with E-state index in [0.29, 0.717) is 11.5 Å². The van der Waals surface area contributed by atoms with Gasteiger partial charge in [0.1, 0.15) is 0 Å². The Morgan fingerprint density at radius 1 is 1.36 bits per heavy atom. The lowest BCUT2D eigenvalue weighted by molar-refractivity contribution is 0.184. The molecule has 1 nitrogen and oxygen atoms in total. The lowest BCUT2D eigenvalue weighted by Gasteiger charge is -2.32. The molecule has 1 fully saturated rings. The molecule has 0 aromatic heterocycles. The second-order valence-electron chi connectivity index (χ2n) is 4.96. The first-order valence-corrected chi connectivity index (χ1v) is 4.71. The summed E-state index contributed by atoms with van der Waals surface area (Å²) in [7, 11) is 0. The van der Waals surface area contributed by atoms with Gasteiger partial charge in [-0.1, -0.05) is 27.7 Å². The summed E-state index contributed by atoms with van der Waals surface area (Å²) in [5.74, 6) is 1.46. The summed E-state index contributed by atoms with van der Waals surface area (Å²) >= 11 is 0. The lowest BCUT2D eigenvalue weighted by Crippen LogP contribution is -2.35. The van der Waals surface area contributed by atoms with Gasteiger partial charge in [0.15, 0.2) is 0 Å². The predicted octanol–water partition coefficient (Wildman–Crippen LogP) is 2.41. The van der Waals surface area contributed by atoms with Crippen molar-refractivity contribution >= 4 is 0 Å². The molecule has 0 radical (unpaired) electrons. The maximum atomic E-state index is 6.06. The van der Waals surface area contributed by atoms with Crippen LogP contribution >= 0.6 is 0 Å². The highest BCUT2D eigenvalue weighted by molar-refractivity contribution is 4.94. The smallest absolute Gasteiger partial charge is 0.00749 e. The Kier molecular flexibility index (Phi) is 2.29. The van der Waals surface area contributed by atoms with E-state index in [9.17, 15) is 0 Å². The van der Waals surface area contributed by atoms with E-state index in [1.807, 2.05) is 0 Å². The number of hydrogen-bond donors (Lipinski definition) is 1. The standard InChI is InChI=1S/C10H21N/c1-7(2)9-8(11)5-6-10(9,3)4/h7-9H,5-6,11H2,1-4H3. The fraction of sp³-hybridized carbons (Fsp3) is 1.00. The second kappa shape index (κ2) is 2.78. The molecule has 1 saturated carbocycles.